The number of nitrogens with zero attached hydrogens (tertiary/aromatic N) is 3. The third-order valence-electron chi connectivity index (χ3n) is 3.09. The molecular weight excluding hydrogens is 259 g/mol. The largest absolute Gasteiger partial charge is 0.433 e. The molecule has 1 aromatic heterocycles. The molecule has 0 unspecified atom stereocenters. The zero-order valence-electron chi connectivity index (χ0n) is 10.4. The molecule has 1 amide bonds. The van der Waals surface area contributed by atoms with Crippen LogP contribution in [0.2, 0.25) is 0 Å². The Hall–Kier alpha value is -1.63. The fourth-order valence-electron chi connectivity index (χ4n) is 1.88. The van der Waals surface area contributed by atoms with Gasteiger partial charge >= 0.3 is 6.18 Å². The van der Waals surface area contributed by atoms with E-state index in [1.165, 1.54) is 6.07 Å². The van der Waals surface area contributed by atoms with Crippen molar-refractivity contribution in [2.75, 3.05) is 33.2 Å². The van der Waals surface area contributed by atoms with Gasteiger partial charge in [0.05, 0.1) is 5.56 Å². The Morgan fingerprint density at radius 1 is 1.21 bits per heavy atom. The molecular formula is C12H14F3N3O. The van der Waals surface area contributed by atoms with E-state index in [9.17, 15) is 18.0 Å². The number of piperazine rings is 1. The first kappa shape index (κ1) is 13.8. The first-order chi connectivity index (χ1) is 8.88. The summed E-state index contributed by atoms with van der Waals surface area (Å²) in [5.41, 5.74) is -0.792. The molecule has 0 spiro atoms. The smallest absolute Gasteiger partial charge is 0.336 e. The lowest BCUT2D eigenvalue weighted by atomic mass is 10.2. The van der Waals surface area contributed by atoms with E-state index >= 15 is 0 Å². The van der Waals surface area contributed by atoms with Gasteiger partial charge in [-0.15, -0.1) is 0 Å². The van der Waals surface area contributed by atoms with Crippen molar-refractivity contribution < 1.29 is 18.0 Å². The summed E-state index contributed by atoms with van der Waals surface area (Å²) >= 11 is 0. The second-order valence-corrected chi connectivity index (χ2v) is 4.53. The third kappa shape index (κ3) is 3.23. The summed E-state index contributed by atoms with van der Waals surface area (Å²) in [4.78, 5) is 19.1. The molecule has 0 aliphatic carbocycles. The Morgan fingerprint density at radius 2 is 1.84 bits per heavy atom. The van der Waals surface area contributed by atoms with Crippen molar-refractivity contribution in [2.45, 2.75) is 6.18 Å². The van der Waals surface area contributed by atoms with Crippen molar-refractivity contribution in [1.29, 1.82) is 0 Å². The summed E-state index contributed by atoms with van der Waals surface area (Å²) in [6.45, 7) is 2.69. The van der Waals surface area contributed by atoms with E-state index in [4.69, 9.17) is 0 Å². The number of hydrogen-bond donors (Lipinski definition) is 0. The summed E-state index contributed by atoms with van der Waals surface area (Å²) in [6.07, 6.45) is -3.49. The van der Waals surface area contributed by atoms with Crippen LogP contribution in [0.15, 0.2) is 18.3 Å². The van der Waals surface area contributed by atoms with Gasteiger partial charge in [0.2, 0.25) is 0 Å². The van der Waals surface area contributed by atoms with Crippen LogP contribution in [-0.4, -0.2) is 53.9 Å². The van der Waals surface area contributed by atoms with Gasteiger partial charge in [0.25, 0.3) is 5.91 Å². The van der Waals surface area contributed by atoms with E-state index in [0.717, 1.165) is 25.4 Å². The zero-order chi connectivity index (χ0) is 14.0. The quantitative estimate of drug-likeness (QED) is 0.778. The van der Waals surface area contributed by atoms with Crippen molar-refractivity contribution in [3.63, 3.8) is 0 Å². The van der Waals surface area contributed by atoms with E-state index in [1.807, 2.05) is 7.05 Å². The first-order valence-electron chi connectivity index (χ1n) is 5.89. The highest BCUT2D eigenvalue weighted by Gasteiger charge is 2.32. The minimum Gasteiger partial charge on any atom is -0.336 e. The van der Waals surface area contributed by atoms with Gasteiger partial charge in [-0.1, -0.05) is 0 Å². The van der Waals surface area contributed by atoms with Crippen molar-refractivity contribution in [2.24, 2.45) is 0 Å². The minimum absolute atomic E-state index is 0.192. The Morgan fingerprint density at radius 3 is 2.32 bits per heavy atom. The van der Waals surface area contributed by atoms with Gasteiger partial charge in [-0.05, 0) is 19.2 Å². The number of pyridine rings is 1. The van der Waals surface area contributed by atoms with Gasteiger partial charge < -0.3 is 9.80 Å². The highest BCUT2D eigenvalue weighted by Crippen LogP contribution is 2.27. The molecule has 0 bridgehead atoms. The van der Waals surface area contributed by atoms with E-state index in [1.54, 1.807) is 4.90 Å². The Bertz CT molecular complexity index is 450. The molecule has 0 saturated carbocycles. The average molecular weight is 273 g/mol. The lowest BCUT2D eigenvalue weighted by Crippen LogP contribution is -2.47. The van der Waals surface area contributed by atoms with Crippen LogP contribution < -0.4 is 0 Å². The maximum atomic E-state index is 12.4. The van der Waals surface area contributed by atoms with E-state index < -0.39 is 11.9 Å². The number of amides is 1. The molecule has 19 heavy (non-hydrogen) atoms. The average Bonchev–Trinajstić information content (AvgIpc) is 2.38. The maximum absolute atomic E-state index is 12.4. The number of hydrogen-bond acceptors (Lipinski definition) is 3. The summed E-state index contributed by atoms with van der Waals surface area (Å²) < 4.78 is 37.1. The molecule has 1 aromatic rings. The normalized spacial score (nSPS) is 17.6. The second kappa shape index (κ2) is 5.16. The fourth-order valence-corrected chi connectivity index (χ4v) is 1.88. The van der Waals surface area contributed by atoms with Crippen LogP contribution >= 0.6 is 0 Å². The summed E-state index contributed by atoms with van der Waals surface area (Å²) in [6, 6.07) is 2.01. The summed E-state index contributed by atoms with van der Waals surface area (Å²) in [5.74, 6) is -0.269. The predicted molar refractivity (Wildman–Crippen MR) is 62.6 cm³/mol. The molecule has 1 fully saturated rings. The van der Waals surface area contributed by atoms with E-state index in [0.29, 0.717) is 13.1 Å². The Labute approximate surface area is 108 Å². The summed E-state index contributed by atoms with van der Waals surface area (Å²) in [5, 5.41) is 0. The number of aromatic nitrogens is 1. The van der Waals surface area contributed by atoms with Gasteiger partial charge in [0.1, 0.15) is 5.69 Å². The second-order valence-electron chi connectivity index (χ2n) is 4.53. The van der Waals surface area contributed by atoms with Crippen LogP contribution in [0, 0.1) is 0 Å². The van der Waals surface area contributed by atoms with E-state index in [-0.39, 0.29) is 11.5 Å². The molecule has 104 valence electrons. The van der Waals surface area contributed by atoms with Crippen LogP contribution in [0.4, 0.5) is 13.2 Å². The molecule has 2 rings (SSSR count). The highest BCUT2D eigenvalue weighted by molar-refractivity contribution is 5.94. The van der Waals surface area contributed by atoms with Crippen molar-refractivity contribution in [1.82, 2.24) is 14.8 Å². The van der Waals surface area contributed by atoms with Crippen molar-refractivity contribution in [3.8, 4) is 0 Å². The van der Waals surface area contributed by atoms with Crippen molar-refractivity contribution >= 4 is 5.91 Å². The topological polar surface area (TPSA) is 36.4 Å². The van der Waals surface area contributed by atoms with Crippen LogP contribution in [0.1, 0.15) is 16.1 Å². The monoisotopic (exact) mass is 273 g/mol. The molecule has 0 aromatic carbocycles. The van der Waals surface area contributed by atoms with Gasteiger partial charge in [-0.3, -0.25) is 9.78 Å². The molecule has 7 heteroatoms. The van der Waals surface area contributed by atoms with Gasteiger partial charge in [-0.25, -0.2) is 0 Å². The molecule has 0 N–H and O–H groups in total. The Balaban J connectivity index is 2.08. The van der Waals surface area contributed by atoms with Gasteiger partial charge in [0, 0.05) is 32.4 Å². The van der Waals surface area contributed by atoms with E-state index in [2.05, 4.69) is 9.88 Å². The highest BCUT2D eigenvalue weighted by atomic mass is 19.4. The maximum Gasteiger partial charge on any atom is 0.433 e. The number of rotatable bonds is 1. The number of likely N-dealkylation sites (N-methyl/N-ethyl adjacent to an activating group) is 1. The Kier molecular flexibility index (Phi) is 3.75. The molecule has 4 nitrogen and oxygen atoms in total. The SMILES string of the molecule is CN1CCN(C(=O)c2ccc(C(F)(F)F)nc2)CC1. The fraction of sp³-hybridized carbons (Fsp3) is 0.500. The standard InChI is InChI=1S/C12H14F3N3O/c1-17-4-6-18(7-5-17)11(19)9-2-3-10(16-8-9)12(13,14)15/h2-3,8H,4-7H2,1H3. The summed E-state index contributed by atoms with van der Waals surface area (Å²) in [7, 11) is 1.96. The number of carbonyl (C=O) groups excluding carboxylic acids is 1. The van der Waals surface area contributed by atoms with Crippen LogP contribution in [0.5, 0.6) is 0 Å². The zero-order valence-corrected chi connectivity index (χ0v) is 10.4. The lowest BCUT2D eigenvalue weighted by Gasteiger charge is -2.32. The third-order valence-corrected chi connectivity index (χ3v) is 3.09. The van der Waals surface area contributed by atoms with Crippen LogP contribution in [-0.2, 0) is 6.18 Å². The first-order valence-corrected chi connectivity index (χ1v) is 5.89. The number of carbonyl (C=O) groups is 1. The molecule has 1 saturated heterocycles. The minimum atomic E-state index is -4.48. The molecule has 1 aliphatic rings. The predicted octanol–water partition coefficient (Wildman–Crippen LogP) is 1.49. The van der Waals surface area contributed by atoms with Crippen LogP contribution in [0.3, 0.4) is 0 Å². The molecule has 2 heterocycles. The lowest BCUT2D eigenvalue weighted by molar-refractivity contribution is -0.141. The van der Waals surface area contributed by atoms with Gasteiger partial charge in [0.15, 0.2) is 0 Å². The number of halogens is 3. The number of alkyl halides is 3. The van der Waals surface area contributed by atoms with Crippen LogP contribution in [0.25, 0.3) is 0 Å². The molecule has 0 radical (unpaired) electrons. The van der Waals surface area contributed by atoms with Crippen molar-refractivity contribution in [3.05, 3.63) is 29.6 Å². The molecule has 1 aliphatic heterocycles. The van der Waals surface area contributed by atoms with Gasteiger partial charge in [-0.2, -0.15) is 13.2 Å². The molecule has 0 atom stereocenters.